The third-order valence-corrected chi connectivity index (χ3v) is 4.54. The standard InChI is InChI=1S/C20H24N4O3/c1-21-20(23-10-15-4-5-17-18(8-15)27-13-26-17)24-11-16-6-7-22-19(9-16)25-12-14-2-3-14/h4-9,14H,2-3,10-13H2,1H3,(H2,21,23,24). The van der Waals surface area contributed by atoms with E-state index in [0.29, 0.717) is 24.9 Å². The van der Waals surface area contributed by atoms with Gasteiger partial charge < -0.3 is 24.8 Å². The molecule has 2 N–H and O–H groups in total. The van der Waals surface area contributed by atoms with Crippen LogP contribution in [-0.2, 0) is 13.1 Å². The van der Waals surface area contributed by atoms with Gasteiger partial charge in [0.2, 0.25) is 12.7 Å². The van der Waals surface area contributed by atoms with Gasteiger partial charge in [0.05, 0.1) is 6.61 Å². The van der Waals surface area contributed by atoms with E-state index in [9.17, 15) is 0 Å². The number of nitrogens with one attached hydrogen (secondary N) is 2. The van der Waals surface area contributed by atoms with E-state index in [1.807, 2.05) is 30.3 Å². The summed E-state index contributed by atoms with van der Waals surface area (Å²) in [6.45, 7) is 2.34. The van der Waals surface area contributed by atoms with E-state index >= 15 is 0 Å². The van der Waals surface area contributed by atoms with Gasteiger partial charge in [-0.1, -0.05) is 6.07 Å². The Kier molecular flexibility index (Phi) is 5.27. The van der Waals surface area contributed by atoms with Crippen LogP contribution in [0.25, 0.3) is 0 Å². The maximum Gasteiger partial charge on any atom is 0.231 e. The first kappa shape index (κ1) is 17.5. The summed E-state index contributed by atoms with van der Waals surface area (Å²) in [4.78, 5) is 8.55. The van der Waals surface area contributed by atoms with Crippen LogP contribution in [0.2, 0.25) is 0 Å². The number of hydrogen-bond acceptors (Lipinski definition) is 5. The van der Waals surface area contributed by atoms with Gasteiger partial charge in [-0.05, 0) is 48.1 Å². The number of fused-ring (bicyclic) bond motifs is 1. The first-order valence-electron chi connectivity index (χ1n) is 9.21. The molecule has 0 bridgehead atoms. The first-order valence-corrected chi connectivity index (χ1v) is 9.21. The summed E-state index contributed by atoms with van der Waals surface area (Å²) in [7, 11) is 1.76. The van der Waals surface area contributed by atoms with Crippen molar-refractivity contribution in [3.63, 3.8) is 0 Å². The summed E-state index contributed by atoms with van der Waals surface area (Å²) in [5, 5.41) is 6.62. The van der Waals surface area contributed by atoms with Crippen molar-refractivity contribution in [2.75, 3.05) is 20.4 Å². The lowest BCUT2D eigenvalue weighted by atomic mass is 10.2. The van der Waals surface area contributed by atoms with Gasteiger partial charge in [0.1, 0.15) is 0 Å². The van der Waals surface area contributed by atoms with Crippen molar-refractivity contribution in [1.29, 1.82) is 0 Å². The lowest BCUT2D eigenvalue weighted by Gasteiger charge is -2.13. The molecule has 0 atom stereocenters. The third-order valence-electron chi connectivity index (χ3n) is 4.54. The van der Waals surface area contributed by atoms with Crippen LogP contribution in [0.5, 0.6) is 17.4 Å². The monoisotopic (exact) mass is 368 g/mol. The Morgan fingerprint density at radius 1 is 1.11 bits per heavy atom. The van der Waals surface area contributed by atoms with E-state index < -0.39 is 0 Å². The Bertz CT molecular complexity index is 821. The maximum absolute atomic E-state index is 5.74. The van der Waals surface area contributed by atoms with Crippen LogP contribution in [-0.4, -0.2) is 31.4 Å². The topological polar surface area (TPSA) is 77.0 Å². The van der Waals surface area contributed by atoms with E-state index in [2.05, 4.69) is 20.6 Å². The smallest absolute Gasteiger partial charge is 0.231 e. The lowest BCUT2D eigenvalue weighted by molar-refractivity contribution is 0.174. The average molecular weight is 368 g/mol. The second kappa shape index (κ2) is 8.16. The van der Waals surface area contributed by atoms with Gasteiger partial charge in [-0.2, -0.15) is 0 Å². The first-order chi connectivity index (χ1) is 13.3. The van der Waals surface area contributed by atoms with Crippen LogP contribution in [0.4, 0.5) is 0 Å². The van der Waals surface area contributed by atoms with Gasteiger partial charge in [0.15, 0.2) is 17.5 Å². The fourth-order valence-electron chi connectivity index (χ4n) is 2.77. The predicted molar refractivity (Wildman–Crippen MR) is 102 cm³/mol. The zero-order valence-electron chi connectivity index (χ0n) is 15.4. The van der Waals surface area contributed by atoms with Crippen molar-refractivity contribution in [1.82, 2.24) is 15.6 Å². The number of aromatic nitrogens is 1. The number of guanidine groups is 1. The van der Waals surface area contributed by atoms with Gasteiger partial charge in [0.25, 0.3) is 0 Å². The van der Waals surface area contributed by atoms with Crippen molar-refractivity contribution in [3.05, 3.63) is 47.7 Å². The summed E-state index contributed by atoms with van der Waals surface area (Å²) in [6, 6.07) is 9.87. The van der Waals surface area contributed by atoms with Gasteiger partial charge in [-0.25, -0.2) is 4.98 Å². The van der Waals surface area contributed by atoms with Crippen LogP contribution in [0.3, 0.4) is 0 Å². The summed E-state index contributed by atoms with van der Waals surface area (Å²) < 4.78 is 16.5. The second-order valence-corrected chi connectivity index (χ2v) is 6.72. The molecule has 2 heterocycles. The molecule has 0 spiro atoms. The molecule has 1 aromatic carbocycles. The SMILES string of the molecule is CN=C(NCc1ccnc(OCC2CC2)c1)NCc1ccc2c(c1)OCO2. The molecule has 7 nitrogen and oxygen atoms in total. The highest BCUT2D eigenvalue weighted by Gasteiger charge is 2.22. The van der Waals surface area contributed by atoms with Crippen molar-refractivity contribution in [2.24, 2.45) is 10.9 Å². The van der Waals surface area contributed by atoms with Gasteiger partial charge in [0, 0.05) is 32.4 Å². The number of benzene rings is 1. The van der Waals surface area contributed by atoms with Crippen LogP contribution in [0, 0.1) is 5.92 Å². The van der Waals surface area contributed by atoms with Crippen LogP contribution < -0.4 is 24.8 Å². The minimum Gasteiger partial charge on any atom is -0.477 e. The van der Waals surface area contributed by atoms with E-state index in [1.165, 1.54) is 12.8 Å². The van der Waals surface area contributed by atoms with Crippen molar-refractivity contribution < 1.29 is 14.2 Å². The predicted octanol–water partition coefficient (Wildman–Crippen LogP) is 2.46. The molecule has 0 saturated heterocycles. The third kappa shape index (κ3) is 4.81. The quantitative estimate of drug-likeness (QED) is 0.578. The number of pyridine rings is 1. The van der Waals surface area contributed by atoms with Crippen molar-refractivity contribution in [3.8, 4) is 17.4 Å². The Hall–Kier alpha value is -2.96. The van der Waals surface area contributed by atoms with Crippen molar-refractivity contribution in [2.45, 2.75) is 25.9 Å². The molecule has 1 saturated carbocycles. The highest BCUT2D eigenvalue weighted by Crippen LogP contribution is 2.32. The summed E-state index contributed by atoms with van der Waals surface area (Å²) in [5.74, 6) is 3.70. The Morgan fingerprint density at radius 2 is 1.89 bits per heavy atom. The lowest BCUT2D eigenvalue weighted by Crippen LogP contribution is -2.36. The molecule has 1 aromatic heterocycles. The van der Waals surface area contributed by atoms with Crippen LogP contribution in [0.15, 0.2) is 41.5 Å². The molecule has 2 aliphatic rings. The number of aliphatic imine (C=N–C) groups is 1. The average Bonchev–Trinajstić information content (AvgIpc) is 3.42. The summed E-state index contributed by atoms with van der Waals surface area (Å²) in [6.07, 6.45) is 4.32. The molecule has 0 unspecified atom stereocenters. The second-order valence-electron chi connectivity index (χ2n) is 6.72. The Labute approximate surface area is 158 Å². The summed E-state index contributed by atoms with van der Waals surface area (Å²) in [5.41, 5.74) is 2.20. The summed E-state index contributed by atoms with van der Waals surface area (Å²) >= 11 is 0. The molecule has 2 aromatic rings. The number of hydrogen-bond donors (Lipinski definition) is 2. The number of ether oxygens (including phenoxy) is 3. The number of rotatable bonds is 7. The van der Waals surface area contributed by atoms with E-state index in [4.69, 9.17) is 14.2 Å². The minimum absolute atomic E-state index is 0.285. The van der Waals surface area contributed by atoms with Gasteiger partial charge >= 0.3 is 0 Å². The van der Waals surface area contributed by atoms with Gasteiger partial charge in [-0.3, -0.25) is 4.99 Å². The molecule has 0 amide bonds. The molecule has 142 valence electrons. The zero-order valence-corrected chi connectivity index (χ0v) is 15.4. The largest absolute Gasteiger partial charge is 0.477 e. The molecule has 27 heavy (non-hydrogen) atoms. The highest BCUT2D eigenvalue weighted by molar-refractivity contribution is 5.79. The van der Waals surface area contributed by atoms with E-state index in [1.54, 1.807) is 13.2 Å². The van der Waals surface area contributed by atoms with Gasteiger partial charge in [-0.15, -0.1) is 0 Å². The molecule has 4 rings (SSSR count). The van der Waals surface area contributed by atoms with Crippen LogP contribution in [0.1, 0.15) is 24.0 Å². The Morgan fingerprint density at radius 3 is 2.67 bits per heavy atom. The fourth-order valence-corrected chi connectivity index (χ4v) is 2.77. The fraction of sp³-hybridized carbons (Fsp3) is 0.400. The normalized spacial score (nSPS) is 15.5. The maximum atomic E-state index is 5.74. The Balaban J connectivity index is 1.27. The van der Waals surface area contributed by atoms with E-state index in [0.717, 1.165) is 35.2 Å². The molecular weight excluding hydrogens is 344 g/mol. The molecule has 0 radical (unpaired) electrons. The molecule has 1 fully saturated rings. The number of nitrogens with zero attached hydrogens (tertiary/aromatic N) is 2. The highest BCUT2D eigenvalue weighted by atomic mass is 16.7. The molecular formula is C20H24N4O3. The van der Waals surface area contributed by atoms with Crippen molar-refractivity contribution >= 4 is 5.96 Å². The molecule has 1 aliphatic carbocycles. The zero-order chi connectivity index (χ0) is 18.5. The van der Waals surface area contributed by atoms with Crippen LogP contribution >= 0.6 is 0 Å². The molecule has 1 aliphatic heterocycles. The molecule has 7 heteroatoms. The van der Waals surface area contributed by atoms with E-state index in [-0.39, 0.29) is 6.79 Å². The minimum atomic E-state index is 0.285.